The SMILES string of the molecule is CCCC1(C(=O)NC(C)c2ccccn2)CCCNC1. The molecule has 4 heteroatoms. The molecule has 1 aliphatic rings. The summed E-state index contributed by atoms with van der Waals surface area (Å²) in [5, 5.41) is 6.53. The van der Waals surface area contributed by atoms with Crippen molar-refractivity contribution in [2.75, 3.05) is 13.1 Å². The van der Waals surface area contributed by atoms with Gasteiger partial charge in [-0.15, -0.1) is 0 Å². The van der Waals surface area contributed by atoms with E-state index in [4.69, 9.17) is 0 Å². The van der Waals surface area contributed by atoms with Gasteiger partial charge in [0.15, 0.2) is 0 Å². The van der Waals surface area contributed by atoms with Gasteiger partial charge in [0.2, 0.25) is 5.91 Å². The fourth-order valence-corrected chi connectivity index (χ4v) is 3.02. The number of hydrogen-bond donors (Lipinski definition) is 2. The molecule has 2 atom stereocenters. The van der Waals surface area contributed by atoms with Crippen molar-refractivity contribution in [3.05, 3.63) is 30.1 Å². The number of hydrogen-bond acceptors (Lipinski definition) is 3. The monoisotopic (exact) mass is 275 g/mol. The van der Waals surface area contributed by atoms with Crippen molar-refractivity contribution < 1.29 is 4.79 Å². The van der Waals surface area contributed by atoms with E-state index >= 15 is 0 Å². The number of rotatable bonds is 5. The Morgan fingerprint density at radius 3 is 3.00 bits per heavy atom. The van der Waals surface area contributed by atoms with Crippen LogP contribution >= 0.6 is 0 Å². The van der Waals surface area contributed by atoms with Crippen LogP contribution < -0.4 is 10.6 Å². The Morgan fingerprint density at radius 2 is 2.40 bits per heavy atom. The van der Waals surface area contributed by atoms with E-state index in [2.05, 4.69) is 22.5 Å². The number of nitrogens with zero attached hydrogens (tertiary/aromatic N) is 1. The smallest absolute Gasteiger partial charge is 0.228 e. The van der Waals surface area contributed by atoms with Crippen LogP contribution in [0.5, 0.6) is 0 Å². The molecule has 0 spiro atoms. The second-order valence-corrected chi connectivity index (χ2v) is 5.76. The zero-order chi connectivity index (χ0) is 14.4. The molecule has 0 bridgehead atoms. The molecule has 20 heavy (non-hydrogen) atoms. The molecule has 1 fully saturated rings. The van der Waals surface area contributed by atoms with Gasteiger partial charge in [-0.2, -0.15) is 0 Å². The van der Waals surface area contributed by atoms with Crippen molar-refractivity contribution >= 4 is 5.91 Å². The highest BCUT2D eigenvalue weighted by atomic mass is 16.2. The predicted molar refractivity (Wildman–Crippen MR) is 80.2 cm³/mol. The van der Waals surface area contributed by atoms with Gasteiger partial charge in [0, 0.05) is 12.7 Å². The summed E-state index contributed by atoms with van der Waals surface area (Å²) in [5.41, 5.74) is 0.673. The highest BCUT2D eigenvalue weighted by Gasteiger charge is 2.39. The number of piperidine rings is 1. The molecular weight excluding hydrogens is 250 g/mol. The van der Waals surface area contributed by atoms with Gasteiger partial charge in [-0.05, 0) is 44.9 Å². The molecule has 1 amide bonds. The summed E-state index contributed by atoms with van der Waals surface area (Å²) in [6, 6.07) is 5.76. The molecule has 110 valence electrons. The van der Waals surface area contributed by atoms with E-state index in [1.807, 2.05) is 25.1 Å². The first-order valence-corrected chi connectivity index (χ1v) is 7.60. The molecule has 2 unspecified atom stereocenters. The van der Waals surface area contributed by atoms with Crippen molar-refractivity contribution in [2.45, 2.75) is 45.6 Å². The minimum atomic E-state index is -0.240. The van der Waals surface area contributed by atoms with Gasteiger partial charge in [0.25, 0.3) is 0 Å². The van der Waals surface area contributed by atoms with Crippen LogP contribution in [0.4, 0.5) is 0 Å². The second kappa shape index (κ2) is 6.84. The van der Waals surface area contributed by atoms with Gasteiger partial charge in [-0.1, -0.05) is 19.4 Å². The number of carbonyl (C=O) groups is 1. The molecule has 0 saturated carbocycles. The van der Waals surface area contributed by atoms with Crippen LogP contribution in [-0.4, -0.2) is 24.0 Å². The number of carbonyl (C=O) groups excluding carboxylic acids is 1. The topological polar surface area (TPSA) is 54.0 Å². The third kappa shape index (κ3) is 3.37. The Hall–Kier alpha value is -1.42. The van der Waals surface area contributed by atoms with Crippen molar-refractivity contribution in [1.29, 1.82) is 0 Å². The third-order valence-corrected chi connectivity index (χ3v) is 4.16. The Bertz CT molecular complexity index is 421. The normalized spacial score (nSPS) is 24.1. The lowest BCUT2D eigenvalue weighted by atomic mass is 9.76. The number of pyridine rings is 1. The Morgan fingerprint density at radius 1 is 1.55 bits per heavy atom. The molecule has 1 saturated heterocycles. The average molecular weight is 275 g/mol. The molecule has 0 aromatic carbocycles. The molecule has 0 radical (unpaired) electrons. The number of aromatic nitrogens is 1. The molecular formula is C16H25N3O. The Balaban J connectivity index is 2.05. The van der Waals surface area contributed by atoms with Gasteiger partial charge in [0.05, 0.1) is 17.2 Å². The molecule has 2 rings (SSSR count). The molecule has 4 nitrogen and oxygen atoms in total. The number of nitrogens with one attached hydrogen (secondary N) is 2. The van der Waals surface area contributed by atoms with Gasteiger partial charge < -0.3 is 10.6 Å². The van der Waals surface area contributed by atoms with Crippen LogP contribution in [0.3, 0.4) is 0 Å². The van der Waals surface area contributed by atoms with E-state index in [1.165, 1.54) is 0 Å². The summed E-state index contributed by atoms with van der Waals surface area (Å²) in [7, 11) is 0. The van der Waals surface area contributed by atoms with Crippen molar-refractivity contribution in [3.8, 4) is 0 Å². The van der Waals surface area contributed by atoms with Crippen LogP contribution in [0.15, 0.2) is 24.4 Å². The van der Waals surface area contributed by atoms with E-state index < -0.39 is 0 Å². The van der Waals surface area contributed by atoms with Crippen LogP contribution in [-0.2, 0) is 4.79 Å². The molecule has 1 aromatic heterocycles. The quantitative estimate of drug-likeness (QED) is 0.867. The highest BCUT2D eigenvalue weighted by Crippen LogP contribution is 2.32. The highest BCUT2D eigenvalue weighted by molar-refractivity contribution is 5.83. The van der Waals surface area contributed by atoms with Gasteiger partial charge >= 0.3 is 0 Å². The summed E-state index contributed by atoms with van der Waals surface area (Å²) in [5.74, 6) is 0.171. The molecule has 2 heterocycles. The molecule has 2 N–H and O–H groups in total. The maximum atomic E-state index is 12.7. The minimum absolute atomic E-state index is 0.0423. The van der Waals surface area contributed by atoms with E-state index in [-0.39, 0.29) is 17.4 Å². The number of amides is 1. The zero-order valence-corrected chi connectivity index (χ0v) is 12.5. The van der Waals surface area contributed by atoms with Crippen LogP contribution in [0.25, 0.3) is 0 Å². The first kappa shape index (κ1) is 15.0. The van der Waals surface area contributed by atoms with Gasteiger partial charge in [-0.25, -0.2) is 0 Å². The molecule has 0 aliphatic carbocycles. The summed E-state index contributed by atoms with van der Waals surface area (Å²) in [4.78, 5) is 17.0. The van der Waals surface area contributed by atoms with Gasteiger partial charge in [0.1, 0.15) is 0 Å². The van der Waals surface area contributed by atoms with Crippen molar-refractivity contribution in [3.63, 3.8) is 0 Å². The summed E-state index contributed by atoms with van der Waals surface area (Å²) in [6.45, 7) is 5.96. The molecule has 1 aromatic rings. The van der Waals surface area contributed by atoms with E-state index in [9.17, 15) is 4.79 Å². The van der Waals surface area contributed by atoms with Crippen molar-refractivity contribution in [2.24, 2.45) is 5.41 Å². The zero-order valence-electron chi connectivity index (χ0n) is 12.5. The maximum Gasteiger partial charge on any atom is 0.228 e. The fourth-order valence-electron chi connectivity index (χ4n) is 3.02. The van der Waals surface area contributed by atoms with Gasteiger partial charge in [-0.3, -0.25) is 9.78 Å². The predicted octanol–water partition coefficient (Wildman–Crippen LogP) is 2.43. The average Bonchev–Trinajstić information content (AvgIpc) is 2.49. The summed E-state index contributed by atoms with van der Waals surface area (Å²) >= 11 is 0. The van der Waals surface area contributed by atoms with E-state index in [0.717, 1.165) is 44.5 Å². The summed E-state index contributed by atoms with van der Waals surface area (Å²) in [6.07, 6.45) is 5.80. The lowest BCUT2D eigenvalue weighted by Crippen LogP contribution is -2.51. The first-order chi connectivity index (χ1) is 9.68. The van der Waals surface area contributed by atoms with E-state index in [0.29, 0.717) is 0 Å². The third-order valence-electron chi connectivity index (χ3n) is 4.16. The maximum absolute atomic E-state index is 12.7. The summed E-state index contributed by atoms with van der Waals surface area (Å²) < 4.78 is 0. The fraction of sp³-hybridized carbons (Fsp3) is 0.625. The molecule has 1 aliphatic heterocycles. The van der Waals surface area contributed by atoms with E-state index in [1.54, 1.807) is 6.20 Å². The van der Waals surface area contributed by atoms with Crippen LogP contribution in [0, 0.1) is 5.41 Å². The second-order valence-electron chi connectivity index (χ2n) is 5.76. The lowest BCUT2D eigenvalue weighted by Gasteiger charge is -2.37. The van der Waals surface area contributed by atoms with Crippen LogP contribution in [0.2, 0.25) is 0 Å². The first-order valence-electron chi connectivity index (χ1n) is 7.60. The Labute approximate surface area is 121 Å². The minimum Gasteiger partial charge on any atom is -0.347 e. The van der Waals surface area contributed by atoms with Crippen LogP contribution in [0.1, 0.15) is 51.3 Å². The van der Waals surface area contributed by atoms with Crippen molar-refractivity contribution in [1.82, 2.24) is 15.6 Å². The largest absolute Gasteiger partial charge is 0.347 e. The Kier molecular flexibility index (Phi) is 5.12. The lowest BCUT2D eigenvalue weighted by molar-refractivity contribution is -0.133. The standard InChI is InChI=1S/C16H25N3O/c1-3-8-16(9-6-10-17-12-16)15(20)19-13(2)14-7-4-5-11-18-14/h4-5,7,11,13,17H,3,6,8-10,12H2,1-2H3,(H,19,20).